The van der Waals surface area contributed by atoms with E-state index in [1.807, 2.05) is 6.07 Å². The van der Waals surface area contributed by atoms with Gasteiger partial charge in [-0.3, -0.25) is 4.57 Å². The first-order chi connectivity index (χ1) is 20.1. The van der Waals surface area contributed by atoms with E-state index in [0.29, 0.717) is 27.7 Å². The number of ether oxygens (including phenoxy) is 3. The Kier molecular flexibility index (Phi) is 8.40. The summed E-state index contributed by atoms with van der Waals surface area (Å²) in [5, 5.41) is 17.6. The molecule has 0 fully saturated rings. The van der Waals surface area contributed by atoms with Crippen molar-refractivity contribution in [2.45, 2.75) is 50.0 Å². The lowest BCUT2D eigenvalue weighted by Crippen LogP contribution is -2.32. The third kappa shape index (κ3) is 5.78. The second-order valence-electron chi connectivity index (χ2n) is 9.95. The van der Waals surface area contributed by atoms with E-state index >= 15 is 0 Å². The topological polar surface area (TPSA) is 155 Å². The van der Waals surface area contributed by atoms with Crippen LogP contribution in [0, 0.1) is 11.3 Å². The first-order valence-corrected chi connectivity index (χ1v) is 15.2. The molecule has 14 heteroatoms. The maximum absolute atomic E-state index is 14.0. The van der Waals surface area contributed by atoms with Crippen molar-refractivity contribution >= 4 is 21.4 Å². The highest BCUT2D eigenvalue weighted by atomic mass is 35.5. The quantitative estimate of drug-likeness (QED) is 0.269. The van der Waals surface area contributed by atoms with Gasteiger partial charge in [-0.25, -0.2) is 23.4 Å². The van der Waals surface area contributed by atoms with Crippen LogP contribution in [0.1, 0.15) is 55.7 Å². The second-order valence-corrected chi connectivity index (χ2v) is 12.7. The lowest BCUT2D eigenvalue weighted by molar-refractivity contribution is 0.00142. The van der Waals surface area contributed by atoms with Gasteiger partial charge in [-0.05, 0) is 44.5 Å². The number of hydrogen-bond acceptors (Lipinski definition) is 11. The molecule has 0 amide bonds. The van der Waals surface area contributed by atoms with E-state index in [-0.39, 0.29) is 30.2 Å². The summed E-state index contributed by atoms with van der Waals surface area (Å²) in [6.45, 7) is 5.25. The number of halogens is 1. The number of nitrogens with zero attached hydrogens (tertiary/aromatic N) is 7. The van der Waals surface area contributed by atoms with Crippen molar-refractivity contribution in [2.24, 2.45) is 0 Å². The molecule has 4 heterocycles. The molecule has 0 saturated heterocycles. The normalized spacial score (nSPS) is 16.0. The lowest BCUT2D eigenvalue weighted by Gasteiger charge is -2.25. The molecule has 42 heavy (non-hydrogen) atoms. The minimum Gasteiger partial charge on any atom is -0.485 e. The van der Waals surface area contributed by atoms with Gasteiger partial charge in [0.2, 0.25) is 0 Å². The number of methoxy groups -OCH3 is 1. The lowest BCUT2D eigenvalue weighted by atomic mass is 10.0. The summed E-state index contributed by atoms with van der Waals surface area (Å²) in [6, 6.07) is 10.3. The van der Waals surface area contributed by atoms with Gasteiger partial charge in [-0.15, -0.1) is 10.2 Å². The first-order valence-electron chi connectivity index (χ1n) is 13.1. The monoisotopic (exact) mass is 609 g/mol. The number of nitriles is 1. The van der Waals surface area contributed by atoms with Crippen molar-refractivity contribution in [3.63, 3.8) is 0 Å². The summed E-state index contributed by atoms with van der Waals surface area (Å²) in [5.41, 5.74) is 1.71. The van der Waals surface area contributed by atoms with E-state index in [4.69, 9.17) is 25.8 Å². The van der Waals surface area contributed by atoms with Gasteiger partial charge in [-0.2, -0.15) is 5.26 Å². The molecule has 0 aliphatic carbocycles. The summed E-state index contributed by atoms with van der Waals surface area (Å²) >= 11 is 5.96. The average Bonchev–Trinajstić information content (AvgIpc) is 3.29. The number of pyridine rings is 1. The fraction of sp³-hybridized carbons (Fsp3) is 0.357. The van der Waals surface area contributed by atoms with Crippen LogP contribution in [-0.2, 0) is 20.3 Å². The summed E-state index contributed by atoms with van der Waals surface area (Å²) in [6.07, 6.45) is 3.10. The smallest absolute Gasteiger partial charge is 0.257 e. The van der Waals surface area contributed by atoms with E-state index in [9.17, 15) is 13.7 Å². The predicted octanol–water partition coefficient (Wildman–Crippen LogP) is 4.12. The molecule has 1 aromatic carbocycles. The number of benzene rings is 1. The summed E-state index contributed by atoms with van der Waals surface area (Å²) in [7, 11) is -2.45. The molecule has 5 rings (SSSR count). The molecule has 0 spiro atoms. The predicted molar refractivity (Wildman–Crippen MR) is 153 cm³/mol. The van der Waals surface area contributed by atoms with Crippen molar-refractivity contribution in [1.29, 1.82) is 5.26 Å². The Labute approximate surface area is 248 Å². The van der Waals surface area contributed by atoms with Crippen molar-refractivity contribution < 1.29 is 22.6 Å². The van der Waals surface area contributed by atoms with Gasteiger partial charge in [0.25, 0.3) is 5.88 Å². The Hall–Kier alpha value is -4.12. The summed E-state index contributed by atoms with van der Waals surface area (Å²) in [4.78, 5) is 12.7. The molecule has 0 radical (unpaired) electrons. The number of fused-ring (bicyclic) bond motifs is 3. The third-order valence-corrected chi connectivity index (χ3v) is 9.04. The van der Waals surface area contributed by atoms with E-state index in [2.05, 4.69) is 31.2 Å². The standard InChI is InChI=1S/C28H28ClN7O5S/c1-16(2)41-24(26-32-12-20(29)13-33-26)17(3)42(37,38)15-23-34-35-27-21-8-9-31-28(39-4)25(21)40-14-22(36(23)27)19-7-5-6-18(10-19)11-30/h5-10,12-13,16-17,22,24H,14-15H2,1-4H3/t17-,22-,24+/m0/s1. The van der Waals surface area contributed by atoms with Crippen LogP contribution >= 0.6 is 11.6 Å². The van der Waals surface area contributed by atoms with Gasteiger partial charge in [-0.1, -0.05) is 23.7 Å². The van der Waals surface area contributed by atoms with Gasteiger partial charge in [0.15, 0.2) is 27.2 Å². The zero-order valence-electron chi connectivity index (χ0n) is 23.3. The molecule has 0 bridgehead atoms. The van der Waals surface area contributed by atoms with Gasteiger partial charge in [0.1, 0.15) is 24.3 Å². The van der Waals surface area contributed by atoms with Crippen LogP contribution < -0.4 is 9.47 Å². The molecule has 218 valence electrons. The Balaban J connectivity index is 1.60. The Bertz CT molecular complexity index is 1740. The van der Waals surface area contributed by atoms with Crippen LogP contribution in [0.15, 0.2) is 48.9 Å². The average molecular weight is 610 g/mol. The highest BCUT2D eigenvalue weighted by Gasteiger charge is 2.38. The fourth-order valence-corrected chi connectivity index (χ4v) is 6.24. The number of rotatable bonds is 9. The third-order valence-electron chi connectivity index (χ3n) is 6.81. The maximum Gasteiger partial charge on any atom is 0.257 e. The highest BCUT2D eigenvalue weighted by molar-refractivity contribution is 7.91. The van der Waals surface area contributed by atoms with Crippen molar-refractivity contribution in [3.8, 4) is 29.1 Å². The van der Waals surface area contributed by atoms with E-state index in [1.54, 1.807) is 55.8 Å². The Morgan fingerprint density at radius 1 is 1.17 bits per heavy atom. The molecule has 3 atom stereocenters. The van der Waals surface area contributed by atoms with Gasteiger partial charge in [0.05, 0.1) is 46.7 Å². The zero-order valence-corrected chi connectivity index (χ0v) is 24.9. The van der Waals surface area contributed by atoms with Crippen LogP contribution in [0.3, 0.4) is 0 Å². The van der Waals surface area contributed by atoms with E-state index in [1.165, 1.54) is 19.5 Å². The molecular formula is C28H28ClN7O5S. The zero-order chi connectivity index (χ0) is 30.0. The largest absolute Gasteiger partial charge is 0.485 e. The van der Waals surface area contributed by atoms with Gasteiger partial charge in [0, 0.05) is 18.6 Å². The molecule has 0 N–H and O–H groups in total. The number of sulfone groups is 1. The van der Waals surface area contributed by atoms with Crippen LogP contribution in [0.5, 0.6) is 11.6 Å². The minimum absolute atomic E-state index is 0.0786. The summed E-state index contributed by atoms with van der Waals surface area (Å²) in [5.74, 6) is 0.936. The van der Waals surface area contributed by atoms with E-state index < -0.39 is 33.0 Å². The van der Waals surface area contributed by atoms with Crippen molar-refractivity contribution in [3.05, 3.63) is 76.7 Å². The molecule has 0 unspecified atom stereocenters. The molecule has 1 aliphatic heterocycles. The molecular weight excluding hydrogens is 582 g/mol. The Morgan fingerprint density at radius 2 is 1.93 bits per heavy atom. The second kappa shape index (κ2) is 12.0. The van der Waals surface area contributed by atoms with Gasteiger partial charge >= 0.3 is 0 Å². The molecule has 12 nitrogen and oxygen atoms in total. The maximum atomic E-state index is 14.0. The van der Waals surface area contributed by atoms with Crippen LogP contribution in [0.2, 0.25) is 5.02 Å². The van der Waals surface area contributed by atoms with Crippen LogP contribution in [0.4, 0.5) is 0 Å². The van der Waals surface area contributed by atoms with Crippen molar-refractivity contribution in [1.82, 2.24) is 29.7 Å². The van der Waals surface area contributed by atoms with Crippen molar-refractivity contribution in [2.75, 3.05) is 13.7 Å². The summed E-state index contributed by atoms with van der Waals surface area (Å²) < 4.78 is 47.3. The number of aromatic nitrogens is 6. The molecule has 1 aliphatic rings. The van der Waals surface area contributed by atoms with E-state index in [0.717, 1.165) is 5.56 Å². The van der Waals surface area contributed by atoms with Gasteiger partial charge < -0.3 is 14.2 Å². The van der Waals surface area contributed by atoms with Crippen LogP contribution in [-0.4, -0.2) is 63.2 Å². The molecule has 3 aromatic heterocycles. The molecule has 4 aromatic rings. The highest BCUT2D eigenvalue weighted by Crippen LogP contribution is 2.41. The Morgan fingerprint density at radius 3 is 2.62 bits per heavy atom. The number of hydrogen-bond donors (Lipinski definition) is 0. The molecule has 0 saturated carbocycles. The first kappa shape index (κ1) is 29.4. The minimum atomic E-state index is -3.93. The fourth-order valence-electron chi connectivity index (χ4n) is 4.76. The SMILES string of the molecule is COc1nccc2c1OC[C@@H](c1cccc(C#N)c1)n1c(CS(=O)(=O)[C@@H](C)[C@@H](OC(C)C)c3ncc(Cl)cn3)nnc1-2. The van der Waals surface area contributed by atoms with Crippen LogP contribution in [0.25, 0.3) is 11.4 Å².